The third kappa shape index (κ3) is 1.77. The first kappa shape index (κ1) is 9.50. The van der Waals surface area contributed by atoms with Crippen molar-refractivity contribution in [2.75, 3.05) is 0 Å². The Labute approximate surface area is 74.7 Å². The highest BCUT2D eigenvalue weighted by atomic mass is 35.5. The molecule has 0 spiro atoms. The van der Waals surface area contributed by atoms with Crippen LogP contribution < -0.4 is 0 Å². The Morgan fingerprint density at radius 1 is 1.75 bits per heavy atom. The van der Waals surface area contributed by atoms with Gasteiger partial charge < -0.3 is 4.57 Å². The van der Waals surface area contributed by atoms with Crippen LogP contribution >= 0.6 is 11.6 Å². The van der Waals surface area contributed by atoms with E-state index in [0.717, 1.165) is 0 Å². The maximum absolute atomic E-state index is 10.6. The minimum Gasteiger partial charge on any atom is -0.336 e. The molecule has 1 heterocycles. The molecule has 1 aromatic rings. The number of hydrogen-bond donors (Lipinski definition) is 1. The third-order valence-corrected chi connectivity index (χ3v) is 2.30. The Hall–Kier alpha value is -0.590. The minimum atomic E-state index is -4.21. The second kappa shape index (κ2) is 3.04. The van der Waals surface area contributed by atoms with E-state index < -0.39 is 10.1 Å². The molecular formula is C5H7ClN2O3S. The van der Waals surface area contributed by atoms with Gasteiger partial charge in [-0.1, -0.05) is 0 Å². The van der Waals surface area contributed by atoms with Crippen molar-refractivity contribution in [1.29, 1.82) is 0 Å². The summed E-state index contributed by atoms with van der Waals surface area (Å²) in [5, 5.41) is -0.374. The second-order valence-corrected chi connectivity index (χ2v) is 3.85. The van der Waals surface area contributed by atoms with Crippen LogP contribution in [0, 0.1) is 0 Å². The van der Waals surface area contributed by atoms with Crippen molar-refractivity contribution in [3.8, 4) is 0 Å². The predicted molar refractivity (Wildman–Crippen MR) is 42.6 cm³/mol. The van der Waals surface area contributed by atoms with E-state index in [4.69, 9.17) is 16.2 Å². The number of nitrogens with zero attached hydrogens (tertiary/aromatic N) is 2. The van der Waals surface area contributed by atoms with Crippen molar-refractivity contribution in [2.45, 2.75) is 10.9 Å². The zero-order chi connectivity index (χ0) is 9.35. The van der Waals surface area contributed by atoms with Gasteiger partial charge in [0.1, 0.15) is 5.82 Å². The second-order valence-electron chi connectivity index (χ2n) is 2.21. The summed E-state index contributed by atoms with van der Waals surface area (Å²) in [4.78, 5) is 3.59. The first-order valence-corrected chi connectivity index (χ1v) is 4.98. The standard InChI is InChI=1S/C5H7ClN2O3S/c1-8-3-5(12(9,10)11)7-4(8)2-6/h3H,2H2,1H3,(H,9,10,11). The molecule has 12 heavy (non-hydrogen) atoms. The Balaban J connectivity index is 3.23. The van der Waals surface area contributed by atoms with Crippen molar-refractivity contribution in [3.63, 3.8) is 0 Å². The fourth-order valence-electron chi connectivity index (χ4n) is 0.724. The smallest absolute Gasteiger partial charge is 0.313 e. The Bertz CT molecular complexity index is 383. The van der Waals surface area contributed by atoms with Crippen molar-refractivity contribution >= 4 is 21.7 Å². The summed E-state index contributed by atoms with van der Waals surface area (Å²) in [6.45, 7) is 0. The number of hydrogen-bond acceptors (Lipinski definition) is 3. The van der Waals surface area contributed by atoms with E-state index in [9.17, 15) is 8.42 Å². The van der Waals surface area contributed by atoms with Crippen molar-refractivity contribution < 1.29 is 13.0 Å². The Morgan fingerprint density at radius 3 is 2.58 bits per heavy atom. The third-order valence-electron chi connectivity index (χ3n) is 1.33. The predicted octanol–water partition coefficient (Wildman–Crippen LogP) is 0.406. The molecule has 0 amide bonds. The number of imidazole rings is 1. The normalized spacial score (nSPS) is 11.9. The van der Waals surface area contributed by atoms with Crippen LogP contribution in [0.1, 0.15) is 5.82 Å². The van der Waals surface area contributed by atoms with Gasteiger partial charge in [-0.05, 0) is 0 Å². The molecule has 0 saturated heterocycles. The molecule has 0 aromatic carbocycles. The van der Waals surface area contributed by atoms with Crippen molar-refractivity contribution in [1.82, 2.24) is 9.55 Å². The summed E-state index contributed by atoms with van der Waals surface area (Å²) in [7, 11) is -2.61. The molecule has 0 aliphatic carbocycles. The molecule has 0 aliphatic heterocycles. The highest BCUT2D eigenvalue weighted by Crippen LogP contribution is 2.08. The topological polar surface area (TPSA) is 72.2 Å². The molecule has 68 valence electrons. The fraction of sp³-hybridized carbons (Fsp3) is 0.400. The number of aromatic nitrogens is 2. The Morgan fingerprint density at radius 2 is 2.33 bits per heavy atom. The number of halogens is 1. The minimum absolute atomic E-state index is 0.103. The number of alkyl halides is 1. The molecular weight excluding hydrogens is 204 g/mol. The summed E-state index contributed by atoms with van der Waals surface area (Å²) in [5.74, 6) is 0.496. The van der Waals surface area contributed by atoms with Crippen LogP contribution in [0.15, 0.2) is 11.2 Å². The van der Waals surface area contributed by atoms with Crippen LogP contribution in [0.25, 0.3) is 0 Å². The molecule has 1 rings (SSSR count). The Kier molecular flexibility index (Phi) is 2.41. The van der Waals surface area contributed by atoms with Crippen LogP contribution in [0.3, 0.4) is 0 Å². The lowest BCUT2D eigenvalue weighted by atomic mass is 10.7. The monoisotopic (exact) mass is 210 g/mol. The van der Waals surface area contributed by atoms with Gasteiger partial charge in [-0.2, -0.15) is 8.42 Å². The van der Waals surface area contributed by atoms with E-state index in [2.05, 4.69) is 4.98 Å². The maximum atomic E-state index is 10.6. The zero-order valence-electron chi connectivity index (χ0n) is 6.23. The van der Waals surface area contributed by atoms with Gasteiger partial charge in [0.25, 0.3) is 0 Å². The summed E-state index contributed by atoms with van der Waals surface area (Å²) in [6.07, 6.45) is 1.20. The lowest BCUT2D eigenvalue weighted by Crippen LogP contribution is -1.97. The molecule has 0 unspecified atom stereocenters. The highest BCUT2D eigenvalue weighted by Gasteiger charge is 2.15. The molecule has 0 radical (unpaired) electrons. The van der Waals surface area contributed by atoms with Gasteiger partial charge in [-0.25, -0.2) is 4.98 Å². The molecule has 0 aliphatic rings. The fourth-order valence-corrected chi connectivity index (χ4v) is 1.48. The molecule has 0 atom stereocenters. The molecule has 1 aromatic heterocycles. The molecule has 1 N–H and O–H groups in total. The maximum Gasteiger partial charge on any atom is 0.313 e. The summed E-state index contributed by atoms with van der Waals surface area (Å²) < 4.78 is 31.1. The van der Waals surface area contributed by atoms with Gasteiger partial charge in [0, 0.05) is 13.2 Å². The van der Waals surface area contributed by atoms with E-state index in [-0.39, 0.29) is 10.9 Å². The van der Waals surface area contributed by atoms with E-state index in [0.29, 0.717) is 5.82 Å². The van der Waals surface area contributed by atoms with E-state index in [1.807, 2.05) is 0 Å². The molecule has 0 saturated carbocycles. The van der Waals surface area contributed by atoms with Gasteiger partial charge in [-0.3, -0.25) is 4.55 Å². The van der Waals surface area contributed by atoms with E-state index in [1.54, 1.807) is 7.05 Å². The molecule has 7 heteroatoms. The number of rotatable bonds is 2. The average Bonchev–Trinajstić information content (AvgIpc) is 2.29. The van der Waals surface area contributed by atoms with Gasteiger partial charge in [-0.15, -0.1) is 11.6 Å². The van der Waals surface area contributed by atoms with Crippen LogP contribution in [0.2, 0.25) is 0 Å². The summed E-state index contributed by atoms with van der Waals surface area (Å²) in [5.41, 5.74) is 0. The molecule has 0 bridgehead atoms. The van der Waals surface area contributed by atoms with Gasteiger partial charge in [0.15, 0.2) is 0 Å². The van der Waals surface area contributed by atoms with Gasteiger partial charge in [0.05, 0.1) is 5.88 Å². The average molecular weight is 211 g/mol. The lowest BCUT2D eigenvalue weighted by molar-refractivity contribution is 0.479. The van der Waals surface area contributed by atoms with Crippen LogP contribution in [-0.4, -0.2) is 22.5 Å². The first-order valence-electron chi connectivity index (χ1n) is 3.01. The van der Waals surface area contributed by atoms with Crippen LogP contribution in [0.5, 0.6) is 0 Å². The van der Waals surface area contributed by atoms with Gasteiger partial charge in [0.2, 0.25) is 5.03 Å². The summed E-state index contributed by atoms with van der Waals surface area (Å²) >= 11 is 5.44. The van der Waals surface area contributed by atoms with Crippen molar-refractivity contribution in [3.05, 3.63) is 12.0 Å². The SMILES string of the molecule is Cn1cc(S(=O)(=O)O)nc1CCl. The number of aryl methyl sites for hydroxylation is 1. The quantitative estimate of drug-likeness (QED) is 0.567. The van der Waals surface area contributed by atoms with Gasteiger partial charge >= 0.3 is 10.1 Å². The first-order chi connectivity index (χ1) is 5.45. The summed E-state index contributed by atoms with van der Waals surface area (Å²) in [6, 6.07) is 0. The van der Waals surface area contributed by atoms with Crippen LogP contribution in [-0.2, 0) is 23.0 Å². The molecule has 0 fully saturated rings. The zero-order valence-corrected chi connectivity index (χ0v) is 7.80. The largest absolute Gasteiger partial charge is 0.336 e. The lowest BCUT2D eigenvalue weighted by Gasteiger charge is -1.91. The highest BCUT2D eigenvalue weighted by molar-refractivity contribution is 7.85. The molecule has 5 nitrogen and oxygen atoms in total. The van der Waals surface area contributed by atoms with Crippen molar-refractivity contribution in [2.24, 2.45) is 7.05 Å². The van der Waals surface area contributed by atoms with Crippen LogP contribution in [0.4, 0.5) is 0 Å². The van der Waals surface area contributed by atoms with E-state index in [1.165, 1.54) is 10.8 Å². The van der Waals surface area contributed by atoms with E-state index >= 15 is 0 Å².